The SMILES string of the molecule is COc1ccccc1-c1ccc(C)c(C=O)c1. The van der Waals surface area contributed by atoms with Gasteiger partial charge in [-0.15, -0.1) is 0 Å². The summed E-state index contributed by atoms with van der Waals surface area (Å²) in [5.41, 5.74) is 3.69. The lowest BCUT2D eigenvalue weighted by Crippen LogP contribution is -1.90. The van der Waals surface area contributed by atoms with Gasteiger partial charge in [0, 0.05) is 11.1 Å². The molecule has 17 heavy (non-hydrogen) atoms. The third-order valence-electron chi connectivity index (χ3n) is 2.82. The number of methoxy groups -OCH3 is 1. The number of hydrogen-bond acceptors (Lipinski definition) is 2. The van der Waals surface area contributed by atoms with Gasteiger partial charge in [-0.2, -0.15) is 0 Å². The van der Waals surface area contributed by atoms with Crippen LogP contribution in [0.5, 0.6) is 5.75 Å². The molecule has 2 nitrogen and oxygen atoms in total. The minimum Gasteiger partial charge on any atom is -0.496 e. The first-order valence-corrected chi connectivity index (χ1v) is 5.45. The second-order valence-electron chi connectivity index (χ2n) is 3.89. The molecule has 0 radical (unpaired) electrons. The number of benzene rings is 2. The number of ether oxygens (including phenoxy) is 1. The van der Waals surface area contributed by atoms with E-state index in [0.29, 0.717) is 5.56 Å². The summed E-state index contributed by atoms with van der Waals surface area (Å²) < 4.78 is 5.32. The third-order valence-corrected chi connectivity index (χ3v) is 2.82. The molecule has 2 rings (SSSR count). The number of aldehydes is 1. The van der Waals surface area contributed by atoms with Crippen molar-refractivity contribution in [3.63, 3.8) is 0 Å². The average molecular weight is 226 g/mol. The van der Waals surface area contributed by atoms with Crippen LogP contribution in [-0.2, 0) is 0 Å². The van der Waals surface area contributed by atoms with E-state index in [0.717, 1.165) is 28.7 Å². The summed E-state index contributed by atoms with van der Waals surface area (Å²) in [6.07, 6.45) is 0.883. The molecule has 0 aliphatic carbocycles. The fourth-order valence-corrected chi connectivity index (χ4v) is 1.82. The molecule has 0 saturated heterocycles. The molecular weight excluding hydrogens is 212 g/mol. The molecule has 0 N–H and O–H groups in total. The topological polar surface area (TPSA) is 26.3 Å². The van der Waals surface area contributed by atoms with E-state index in [9.17, 15) is 4.79 Å². The van der Waals surface area contributed by atoms with Crippen LogP contribution < -0.4 is 4.74 Å². The van der Waals surface area contributed by atoms with E-state index in [2.05, 4.69) is 0 Å². The van der Waals surface area contributed by atoms with Gasteiger partial charge in [0.1, 0.15) is 12.0 Å². The normalized spacial score (nSPS) is 10.0. The maximum absolute atomic E-state index is 10.9. The zero-order valence-corrected chi connectivity index (χ0v) is 9.94. The van der Waals surface area contributed by atoms with Crippen LogP contribution in [0.2, 0.25) is 0 Å². The van der Waals surface area contributed by atoms with Crippen molar-refractivity contribution >= 4 is 6.29 Å². The van der Waals surface area contributed by atoms with Crippen LogP contribution in [0.1, 0.15) is 15.9 Å². The van der Waals surface area contributed by atoms with Gasteiger partial charge in [0.05, 0.1) is 7.11 Å². The van der Waals surface area contributed by atoms with Crippen molar-refractivity contribution in [2.75, 3.05) is 7.11 Å². The molecule has 0 saturated carbocycles. The molecule has 0 spiro atoms. The Bertz CT molecular complexity index is 544. The van der Waals surface area contributed by atoms with Gasteiger partial charge in [0.15, 0.2) is 0 Å². The van der Waals surface area contributed by atoms with Crippen LogP contribution in [0.3, 0.4) is 0 Å². The van der Waals surface area contributed by atoms with Gasteiger partial charge in [0.25, 0.3) is 0 Å². The van der Waals surface area contributed by atoms with Gasteiger partial charge >= 0.3 is 0 Å². The predicted molar refractivity (Wildman–Crippen MR) is 68.6 cm³/mol. The summed E-state index contributed by atoms with van der Waals surface area (Å²) in [5, 5.41) is 0. The van der Waals surface area contributed by atoms with Crippen LogP contribution >= 0.6 is 0 Å². The Labute approximate surface area is 101 Å². The summed E-state index contributed by atoms with van der Waals surface area (Å²) in [5.74, 6) is 0.813. The van der Waals surface area contributed by atoms with Gasteiger partial charge in [-0.25, -0.2) is 0 Å². The van der Waals surface area contributed by atoms with Crippen LogP contribution in [0, 0.1) is 6.92 Å². The average Bonchev–Trinajstić information content (AvgIpc) is 2.39. The molecule has 2 heteroatoms. The number of carbonyl (C=O) groups is 1. The maximum Gasteiger partial charge on any atom is 0.150 e. The molecule has 0 aromatic heterocycles. The number of hydrogen-bond donors (Lipinski definition) is 0. The van der Waals surface area contributed by atoms with E-state index >= 15 is 0 Å². The molecule has 0 aliphatic rings. The van der Waals surface area contributed by atoms with Crippen molar-refractivity contribution in [2.45, 2.75) is 6.92 Å². The first kappa shape index (κ1) is 11.4. The Balaban J connectivity index is 2.56. The number of aryl methyl sites for hydroxylation is 1. The molecular formula is C15H14O2. The highest BCUT2D eigenvalue weighted by Crippen LogP contribution is 2.30. The van der Waals surface area contributed by atoms with E-state index in [1.165, 1.54) is 0 Å². The smallest absolute Gasteiger partial charge is 0.150 e. The zero-order valence-electron chi connectivity index (χ0n) is 9.94. The highest BCUT2D eigenvalue weighted by atomic mass is 16.5. The summed E-state index contributed by atoms with van der Waals surface area (Å²) >= 11 is 0. The van der Waals surface area contributed by atoms with Gasteiger partial charge in [-0.3, -0.25) is 4.79 Å². The highest BCUT2D eigenvalue weighted by Gasteiger charge is 2.06. The first-order valence-electron chi connectivity index (χ1n) is 5.45. The van der Waals surface area contributed by atoms with Gasteiger partial charge in [0.2, 0.25) is 0 Å². The Kier molecular flexibility index (Phi) is 3.24. The second-order valence-corrected chi connectivity index (χ2v) is 3.89. The standard InChI is InChI=1S/C15H14O2/c1-11-7-8-12(9-13(11)10-16)14-5-3-4-6-15(14)17-2/h3-10H,1-2H3. The Morgan fingerprint density at radius 3 is 2.59 bits per heavy atom. The van der Waals surface area contributed by atoms with Crippen molar-refractivity contribution in [2.24, 2.45) is 0 Å². The summed E-state index contributed by atoms with van der Waals surface area (Å²) in [6, 6.07) is 13.6. The maximum atomic E-state index is 10.9. The van der Waals surface area contributed by atoms with Crippen molar-refractivity contribution in [1.29, 1.82) is 0 Å². The van der Waals surface area contributed by atoms with E-state index in [1.54, 1.807) is 7.11 Å². The van der Waals surface area contributed by atoms with E-state index < -0.39 is 0 Å². The fourth-order valence-electron chi connectivity index (χ4n) is 1.82. The van der Waals surface area contributed by atoms with Crippen molar-refractivity contribution in [1.82, 2.24) is 0 Å². The summed E-state index contributed by atoms with van der Waals surface area (Å²) in [4.78, 5) is 10.9. The largest absolute Gasteiger partial charge is 0.496 e. The van der Waals surface area contributed by atoms with Crippen LogP contribution in [-0.4, -0.2) is 13.4 Å². The summed E-state index contributed by atoms with van der Waals surface area (Å²) in [7, 11) is 1.65. The van der Waals surface area contributed by atoms with Gasteiger partial charge in [-0.05, 0) is 30.2 Å². The number of para-hydroxylation sites is 1. The molecule has 0 atom stereocenters. The molecule has 0 aliphatic heterocycles. The molecule has 2 aromatic rings. The third kappa shape index (κ3) is 2.21. The zero-order chi connectivity index (χ0) is 12.3. The molecule has 0 heterocycles. The van der Waals surface area contributed by atoms with Gasteiger partial charge < -0.3 is 4.74 Å². The highest BCUT2D eigenvalue weighted by molar-refractivity contribution is 5.82. The fraction of sp³-hybridized carbons (Fsp3) is 0.133. The van der Waals surface area contributed by atoms with E-state index in [4.69, 9.17) is 4.74 Å². The molecule has 2 aromatic carbocycles. The molecule has 0 bridgehead atoms. The molecule has 86 valence electrons. The minimum atomic E-state index is 0.716. The Morgan fingerprint density at radius 2 is 1.88 bits per heavy atom. The molecule has 0 amide bonds. The predicted octanol–water partition coefficient (Wildman–Crippen LogP) is 3.48. The molecule has 0 fully saturated rings. The van der Waals surface area contributed by atoms with Crippen molar-refractivity contribution in [3.05, 3.63) is 53.6 Å². The summed E-state index contributed by atoms with van der Waals surface area (Å²) in [6.45, 7) is 1.93. The van der Waals surface area contributed by atoms with Crippen molar-refractivity contribution < 1.29 is 9.53 Å². The second kappa shape index (κ2) is 4.83. The number of carbonyl (C=O) groups excluding carboxylic acids is 1. The van der Waals surface area contributed by atoms with Crippen LogP contribution in [0.25, 0.3) is 11.1 Å². The Morgan fingerprint density at radius 1 is 1.12 bits per heavy atom. The van der Waals surface area contributed by atoms with Crippen LogP contribution in [0.15, 0.2) is 42.5 Å². The van der Waals surface area contributed by atoms with E-state index in [-0.39, 0.29) is 0 Å². The lowest BCUT2D eigenvalue weighted by molar-refractivity contribution is 0.112. The monoisotopic (exact) mass is 226 g/mol. The van der Waals surface area contributed by atoms with Gasteiger partial charge in [-0.1, -0.05) is 30.3 Å². The number of rotatable bonds is 3. The quantitative estimate of drug-likeness (QED) is 0.749. The lowest BCUT2D eigenvalue weighted by atomic mass is 10.00. The van der Waals surface area contributed by atoms with E-state index in [1.807, 2.05) is 49.4 Å². The molecule has 0 unspecified atom stereocenters. The first-order chi connectivity index (χ1) is 8.26. The Hall–Kier alpha value is -2.09. The van der Waals surface area contributed by atoms with Crippen molar-refractivity contribution in [3.8, 4) is 16.9 Å². The minimum absolute atomic E-state index is 0.716. The van der Waals surface area contributed by atoms with Crippen LogP contribution in [0.4, 0.5) is 0 Å². The lowest BCUT2D eigenvalue weighted by Gasteiger charge is -2.09.